The van der Waals surface area contributed by atoms with Gasteiger partial charge in [0, 0.05) is 42.1 Å². The fourth-order valence-corrected chi connectivity index (χ4v) is 4.22. The van der Waals surface area contributed by atoms with Gasteiger partial charge in [0.2, 0.25) is 6.41 Å². The SMILES string of the molecule is [C-]#[N+]c1cnn(-c2ncccn2)c1N=Nc1c(O)c(C(=O)Nc2ccccc2)cc2cc(C(=O)NCCCNC=O)ccc12. The van der Waals surface area contributed by atoms with Crippen LogP contribution in [0.3, 0.4) is 0 Å². The molecule has 2 aromatic heterocycles. The Kier molecular flexibility index (Phi) is 8.87. The number of nitrogens with zero attached hydrogens (tertiary/aromatic N) is 7. The number of para-hydroxylation sites is 1. The molecule has 0 saturated carbocycles. The van der Waals surface area contributed by atoms with Crippen LogP contribution in [0.5, 0.6) is 5.75 Å². The van der Waals surface area contributed by atoms with Crippen molar-refractivity contribution in [2.75, 3.05) is 18.4 Å². The van der Waals surface area contributed by atoms with Crippen molar-refractivity contribution in [2.45, 2.75) is 6.42 Å². The monoisotopic (exact) mass is 588 g/mol. The van der Waals surface area contributed by atoms with E-state index in [4.69, 9.17) is 6.57 Å². The standard InChI is InChI=1S/C30H24N10O4/c1-31-24-17-36-40(30-34-13-6-14-35-30)27(24)39-38-25-22-10-9-19(28(43)33-12-5-11-32-18-41)15-20(22)16-23(26(25)42)29(44)37-21-7-3-2-4-8-21/h2-4,6-10,13-18,42H,5,11-12H2,(H,32,41)(H,33,43)(H,37,44). The van der Waals surface area contributed by atoms with E-state index in [0.29, 0.717) is 47.9 Å². The van der Waals surface area contributed by atoms with Gasteiger partial charge in [0.1, 0.15) is 5.69 Å². The highest BCUT2D eigenvalue weighted by atomic mass is 16.3. The Morgan fingerprint density at radius 2 is 1.80 bits per heavy atom. The topological polar surface area (TPSA) is 180 Å². The average Bonchev–Trinajstić information content (AvgIpc) is 3.47. The van der Waals surface area contributed by atoms with E-state index in [0.717, 1.165) is 0 Å². The Balaban J connectivity index is 1.57. The summed E-state index contributed by atoms with van der Waals surface area (Å²) in [6.07, 6.45) is 5.43. The zero-order chi connectivity index (χ0) is 30.9. The summed E-state index contributed by atoms with van der Waals surface area (Å²) in [5, 5.41) is 32.8. The van der Waals surface area contributed by atoms with Crippen molar-refractivity contribution in [1.29, 1.82) is 0 Å². The first-order valence-electron chi connectivity index (χ1n) is 13.3. The summed E-state index contributed by atoms with van der Waals surface area (Å²) in [5.41, 5.74) is 0.693. The molecular weight excluding hydrogens is 564 g/mol. The molecule has 2 heterocycles. The molecule has 0 spiro atoms. The number of aromatic nitrogens is 4. The quantitative estimate of drug-likeness (QED) is 0.0752. The third kappa shape index (κ3) is 6.37. The minimum atomic E-state index is -0.617. The van der Waals surface area contributed by atoms with Crippen molar-refractivity contribution in [2.24, 2.45) is 10.2 Å². The number of rotatable bonds is 11. The molecule has 0 saturated heterocycles. The van der Waals surface area contributed by atoms with E-state index in [1.54, 1.807) is 54.6 Å². The number of hydrogen-bond acceptors (Lipinski definition) is 9. The average molecular weight is 589 g/mol. The zero-order valence-electron chi connectivity index (χ0n) is 23.0. The summed E-state index contributed by atoms with van der Waals surface area (Å²) in [7, 11) is 0. The molecule has 3 amide bonds. The number of anilines is 1. The molecule has 0 fully saturated rings. The molecule has 0 bridgehead atoms. The van der Waals surface area contributed by atoms with E-state index in [-0.39, 0.29) is 34.6 Å². The lowest BCUT2D eigenvalue weighted by Crippen LogP contribution is -2.27. The minimum absolute atomic E-state index is 0.0120. The van der Waals surface area contributed by atoms with Crippen LogP contribution in [0.25, 0.3) is 21.6 Å². The summed E-state index contributed by atoms with van der Waals surface area (Å²) in [6.45, 7) is 8.28. The molecule has 0 aliphatic heterocycles. The normalized spacial score (nSPS) is 10.8. The molecule has 0 aliphatic carbocycles. The second-order valence-electron chi connectivity index (χ2n) is 9.18. The van der Waals surface area contributed by atoms with Gasteiger partial charge in [0.25, 0.3) is 23.5 Å². The number of fused-ring (bicyclic) bond motifs is 1. The molecule has 14 nitrogen and oxygen atoms in total. The van der Waals surface area contributed by atoms with Crippen LogP contribution in [-0.4, -0.2) is 56.2 Å². The number of carbonyl (C=O) groups excluding carboxylic acids is 3. The number of azo groups is 1. The molecule has 14 heteroatoms. The number of phenolic OH excluding ortho intramolecular Hbond substituents is 1. The predicted molar refractivity (Wildman–Crippen MR) is 161 cm³/mol. The van der Waals surface area contributed by atoms with Gasteiger partial charge in [0.05, 0.1) is 18.3 Å². The van der Waals surface area contributed by atoms with Crippen molar-refractivity contribution in [3.05, 3.63) is 102 Å². The van der Waals surface area contributed by atoms with Crippen LogP contribution in [0, 0.1) is 6.57 Å². The summed E-state index contributed by atoms with van der Waals surface area (Å²) >= 11 is 0. The molecule has 0 radical (unpaired) electrons. The van der Waals surface area contributed by atoms with Crippen molar-refractivity contribution < 1.29 is 19.5 Å². The lowest BCUT2D eigenvalue weighted by Gasteiger charge is -2.12. The highest BCUT2D eigenvalue weighted by molar-refractivity contribution is 6.12. The zero-order valence-corrected chi connectivity index (χ0v) is 23.0. The Labute approximate surface area is 250 Å². The smallest absolute Gasteiger partial charge is 0.259 e. The summed E-state index contributed by atoms with van der Waals surface area (Å²) < 4.78 is 1.23. The number of carbonyl (C=O) groups is 3. The van der Waals surface area contributed by atoms with E-state index in [1.165, 1.54) is 29.3 Å². The molecule has 0 atom stereocenters. The van der Waals surface area contributed by atoms with E-state index < -0.39 is 11.7 Å². The molecule has 0 aliphatic rings. The maximum absolute atomic E-state index is 13.3. The van der Waals surface area contributed by atoms with Crippen LogP contribution in [-0.2, 0) is 4.79 Å². The first-order valence-corrected chi connectivity index (χ1v) is 13.3. The number of benzene rings is 3. The van der Waals surface area contributed by atoms with Gasteiger partial charge in [-0.2, -0.15) is 9.78 Å². The van der Waals surface area contributed by atoms with Gasteiger partial charge < -0.3 is 21.1 Å². The second kappa shape index (κ2) is 13.4. The van der Waals surface area contributed by atoms with E-state index in [9.17, 15) is 19.5 Å². The highest BCUT2D eigenvalue weighted by Gasteiger charge is 2.21. The Bertz CT molecular complexity index is 1900. The van der Waals surface area contributed by atoms with E-state index in [2.05, 4.69) is 46.1 Å². The Morgan fingerprint density at radius 3 is 2.55 bits per heavy atom. The number of phenols is 1. The Hall–Kier alpha value is -6.49. The van der Waals surface area contributed by atoms with Crippen molar-refractivity contribution in [1.82, 2.24) is 30.4 Å². The van der Waals surface area contributed by atoms with Crippen LogP contribution in [0.15, 0.2) is 89.5 Å². The number of amides is 3. The molecule has 5 rings (SSSR count). The molecule has 0 unspecified atom stereocenters. The molecule has 5 aromatic rings. The summed E-state index contributed by atoms with van der Waals surface area (Å²) in [6, 6.07) is 16.5. The van der Waals surface area contributed by atoms with Gasteiger partial charge in [-0.3, -0.25) is 14.4 Å². The van der Waals surface area contributed by atoms with Gasteiger partial charge in [-0.05, 0) is 48.2 Å². The van der Waals surface area contributed by atoms with Crippen LogP contribution in [0.1, 0.15) is 27.1 Å². The third-order valence-corrected chi connectivity index (χ3v) is 6.32. The fourth-order valence-electron chi connectivity index (χ4n) is 4.22. The van der Waals surface area contributed by atoms with Gasteiger partial charge >= 0.3 is 0 Å². The van der Waals surface area contributed by atoms with Crippen molar-refractivity contribution in [3.8, 4) is 11.7 Å². The molecular formula is C30H24N10O4. The molecule has 4 N–H and O–H groups in total. The van der Waals surface area contributed by atoms with Crippen molar-refractivity contribution >= 4 is 51.9 Å². The second-order valence-corrected chi connectivity index (χ2v) is 9.18. The largest absolute Gasteiger partial charge is 0.505 e. The van der Waals surface area contributed by atoms with Gasteiger partial charge in [-0.25, -0.2) is 14.8 Å². The molecule has 44 heavy (non-hydrogen) atoms. The maximum atomic E-state index is 13.3. The highest BCUT2D eigenvalue weighted by Crippen LogP contribution is 2.41. The lowest BCUT2D eigenvalue weighted by molar-refractivity contribution is -0.109. The van der Waals surface area contributed by atoms with Gasteiger partial charge in [-0.1, -0.05) is 24.3 Å². The van der Waals surface area contributed by atoms with Crippen LogP contribution >= 0.6 is 0 Å². The van der Waals surface area contributed by atoms with Crippen LogP contribution < -0.4 is 16.0 Å². The number of aromatic hydroxyl groups is 1. The maximum Gasteiger partial charge on any atom is 0.259 e. The molecule has 3 aromatic carbocycles. The third-order valence-electron chi connectivity index (χ3n) is 6.32. The summed E-state index contributed by atoms with van der Waals surface area (Å²) in [5.74, 6) is -1.27. The number of hydrogen-bond donors (Lipinski definition) is 4. The first kappa shape index (κ1) is 29.0. The predicted octanol–water partition coefficient (Wildman–Crippen LogP) is 4.61. The van der Waals surface area contributed by atoms with E-state index in [1.807, 2.05) is 0 Å². The first-order chi connectivity index (χ1) is 21.5. The van der Waals surface area contributed by atoms with Gasteiger partial charge in [-0.15, -0.1) is 10.2 Å². The minimum Gasteiger partial charge on any atom is -0.505 e. The van der Waals surface area contributed by atoms with Gasteiger partial charge in [0.15, 0.2) is 11.6 Å². The summed E-state index contributed by atoms with van der Waals surface area (Å²) in [4.78, 5) is 48.3. The Morgan fingerprint density at radius 1 is 1.00 bits per heavy atom. The number of nitrogens with one attached hydrogen (secondary N) is 3. The van der Waals surface area contributed by atoms with E-state index >= 15 is 0 Å². The van der Waals surface area contributed by atoms with Crippen LogP contribution in [0.4, 0.5) is 22.9 Å². The molecule has 218 valence electrons. The fraction of sp³-hybridized carbons (Fsp3) is 0.100. The lowest BCUT2D eigenvalue weighted by atomic mass is 10.0. The van der Waals surface area contributed by atoms with Crippen LogP contribution in [0.2, 0.25) is 0 Å². The van der Waals surface area contributed by atoms with Crippen molar-refractivity contribution in [3.63, 3.8) is 0 Å².